The molecule has 0 amide bonds. The summed E-state index contributed by atoms with van der Waals surface area (Å²) in [7, 11) is 0. The molecule has 2 rings (SSSR count). The molecular formula is C15H29NS. The molecule has 0 radical (unpaired) electrons. The first-order valence-electron chi connectivity index (χ1n) is 7.30. The minimum atomic E-state index is 0.536. The summed E-state index contributed by atoms with van der Waals surface area (Å²) < 4.78 is 0. The summed E-state index contributed by atoms with van der Waals surface area (Å²) in [5.74, 6) is 4.50. The largest absolute Gasteiger partial charge is 0.310 e. The van der Waals surface area contributed by atoms with Crippen molar-refractivity contribution in [2.24, 2.45) is 17.3 Å². The predicted molar refractivity (Wildman–Crippen MR) is 78.6 cm³/mol. The van der Waals surface area contributed by atoms with Gasteiger partial charge < -0.3 is 5.32 Å². The van der Waals surface area contributed by atoms with Gasteiger partial charge in [-0.2, -0.15) is 11.8 Å². The van der Waals surface area contributed by atoms with Gasteiger partial charge in [-0.25, -0.2) is 0 Å². The maximum Gasteiger partial charge on any atom is 0.0166 e. The molecule has 2 heteroatoms. The second-order valence-corrected chi connectivity index (χ2v) is 8.24. The molecule has 0 aromatic heterocycles. The van der Waals surface area contributed by atoms with Crippen LogP contribution in [-0.2, 0) is 0 Å². The molecule has 1 heterocycles. The Balaban J connectivity index is 1.81. The van der Waals surface area contributed by atoms with Gasteiger partial charge in [0, 0.05) is 17.8 Å². The number of rotatable bonds is 2. The highest BCUT2D eigenvalue weighted by molar-refractivity contribution is 7.99. The first-order valence-corrected chi connectivity index (χ1v) is 8.45. The van der Waals surface area contributed by atoms with Crippen LogP contribution in [0.2, 0.25) is 0 Å². The Morgan fingerprint density at radius 3 is 2.47 bits per heavy atom. The molecule has 2 fully saturated rings. The lowest BCUT2D eigenvalue weighted by atomic mass is 9.78. The zero-order valence-corrected chi connectivity index (χ0v) is 12.8. The van der Waals surface area contributed by atoms with Gasteiger partial charge in [0.1, 0.15) is 0 Å². The first-order chi connectivity index (χ1) is 7.96. The van der Waals surface area contributed by atoms with Crippen molar-refractivity contribution in [2.75, 3.05) is 11.5 Å². The van der Waals surface area contributed by atoms with Crippen LogP contribution in [0.15, 0.2) is 0 Å². The Labute approximate surface area is 112 Å². The molecule has 4 atom stereocenters. The van der Waals surface area contributed by atoms with Crippen molar-refractivity contribution in [1.29, 1.82) is 0 Å². The van der Waals surface area contributed by atoms with Gasteiger partial charge in [-0.05, 0) is 48.7 Å². The molecule has 4 unspecified atom stereocenters. The molecule has 1 N–H and O–H groups in total. The molecule has 17 heavy (non-hydrogen) atoms. The van der Waals surface area contributed by atoms with E-state index in [0.717, 1.165) is 23.9 Å². The van der Waals surface area contributed by atoms with Crippen molar-refractivity contribution in [3.05, 3.63) is 0 Å². The molecular weight excluding hydrogens is 226 g/mol. The molecule has 2 aliphatic rings. The third-order valence-electron chi connectivity index (χ3n) is 4.68. The first kappa shape index (κ1) is 13.7. The van der Waals surface area contributed by atoms with E-state index in [9.17, 15) is 0 Å². The van der Waals surface area contributed by atoms with Crippen molar-refractivity contribution < 1.29 is 0 Å². The maximum atomic E-state index is 3.94. The lowest BCUT2D eigenvalue weighted by Gasteiger charge is -2.40. The fourth-order valence-electron chi connectivity index (χ4n) is 3.40. The molecule has 0 aromatic rings. The lowest BCUT2D eigenvalue weighted by Crippen LogP contribution is -2.47. The topological polar surface area (TPSA) is 12.0 Å². The molecule has 1 aliphatic heterocycles. The van der Waals surface area contributed by atoms with Crippen LogP contribution in [0.4, 0.5) is 0 Å². The Bertz CT molecular complexity index is 251. The second-order valence-electron chi connectivity index (χ2n) is 7.21. The van der Waals surface area contributed by atoms with Crippen LogP contribution in [0, 0.1) is 17.3 Å². The summed E-state index contributed by atoms with van der Waals surface area (Å²) in [5, 5.41) is 3.94. The van der Waals surface area contributed by atoms with E-state index in [1.165, 1.54) is 37.2 Å². The molecule has 0 bridgehead atoms. The fourth-order valence-corrected chi connectivity index (χ4v) is 4.69. The Morgan fingerprint density at radius 1 is 1.06 bits per heavy atom. The van der Waals surface area contributed by atoms with E-state index in [4.69, 9.17) is 0 Å². The zero-order chi connectivity index (χ0) is 12.5. The van der Waals surface area contributed by atoms with E-state index in [2.05, 4.69) is 44.8 Å². The SMILES string of the molecule is CC1CCC(NC2CSCC(C)(C)C2)CC1C. The van der Waals surface area contributed by atoms with Gasteiger partial charge in [0.15, 0.2) is 0 Å². The van der Waals surface area contributed by atoms with Crippen LogP contribution >= 0.6 is 11.8 Å². The Kier molecular flexibility index (Phi) is 4.46. The van der Waals surface area contributed by atoms with E-state index >= 15 is 0 Å². The second kappa shape index (κ2) is 5.52. The van der Waals surface area contributed by atoms with Crippen molar-refractivity contribution >= 4 is 11.8 Å². The highest BCUT2D eigenvalue weighted by atomic mass is 32.2. The molecule has 100 valence electrons. The Morgan fingerprint density at radius 2 is 1.82 bits per heavy atom. The van der Waals surface area contributed by atoms with E-state index in [0.29, 0.717) is 5.41 Å². The van der Waals surface area contributed by atoms with E-state index in [1.54, 1.807) is 0 Å². The van der Waals surface area contributed by atoms with Gasteiger partial charge >= 0.3 is 0 Å². The highest BCUT2D eigenvalue weighted by Gasteiger charge is 2.31. The predicted octanol–water partition coefficient (Wildman–Crippen LogP) is 3.93. The third kappa shape index (κ3) is 3.89. The van der Waals surface area contributed by atoms with Gasteiger partial charge in [0.05, 0.1) is 0 Å². The summed E-state index contributed by atoms with van der Waals surface area (Å²) in [6.45, 7) is 9.68. The van der Waals surface area contributed by atoms with Crippen molar-refractivity contribution in [1.82, 2.24) is 5.32 Å². The van der Waals surface area contributed by atoms with E-state index < -0.39 is 0 Å². The summed E-state index contributed by atoms with van der Waals surface area (Å²) in [6, 6.07) is 1.55. The molecule has 1 saturated heterocycles. The average molecular weight is 255 g/mol. The van der Waals surface area contributed by atoms with Crippen LogP contribution in [0.3, 0.4) is 0 Å². The van der Waals surface area contributed by atoms with Gasteiger partial charge in [0.25, 0.3) is 0 Å². The standard InChI is InChI=1S/C15H29NS/c1-11-5-6-13(7-12(11)2)16-14-8-15(3,4)10-17-9-14/h11-14,16H,5-10H2,1-4H3. The number of hydrogen-bond acceptors (Lipinski definition) is 2. The highest BCUT2D eigenvalue weighted by Crippen LogP contribution is 2.35. The molecule has 0 spiro atoms. The minimum Gasteiger partial charge on any atom is -0.310 e. The molecule has 0 aromatic carbocycles. The molecule has 1 aliphatic carbocycles. The van der Waals surface area contributed by atoms with Crippen LogP contribution in [0.1, 0.15) is 53.4 Å². The smallest absolute Gasteiger partial charge is 0.0166 e. The minimum absolute atomic E-state index is 0.536. The normalized spacial score (nSPS) is 42.4. The average Bonchev–Trinajstić information content (AvgIpc) is 2.22. The van der Waals surface area contributed by atoms with Crippen molar-refractivity contribution in [2.45, 2.75) is 65.5 Å². The zero-order valence-electron chi connectivity index (χ0n) is 12.0. The van der Waals surface area contributed by atoms with Crippen LogP contribution in [-0.4, -0.2) is 23.6 Å². The summed E-state index contributed by atoms with van der Waals surface area (Å²) >= 11 is 2.14. The molecule has 1 saturated carbocycles. The Hall–Kier alpha value is 0.310. The number of nitrogens with one attached hydrogen (secondary N) is 1. The number of hydrogen-bond donors (Lipinski definition) is 1. The van der Waals surface area contributed by atoms with Crippen molar-refractivity contribution in [3.63, 3.8) is 0 Å². The monoisotopic (exact) mass is 255 g/mol. The van der Waals surface area contributed by atoms with Crippen LogP contribution in [0.5, 0.6) is 0 Å². The lowest BCUT2D eigenvalue weighted by molar-refractivity contribution is 0.203. The van der Waals surface area contributed by atoms with E-state index in [1.807, 2.05) is 0 Å². The van der Waals surface area contributed by atoms with Gasteiger partial charge in [-0.3, -0.25) is 0 Å². The van der Waals surface area contributed by atoms with Crippen LogP contribution in [0.25, 0.3) is 0 Å². The van der Waals surface area contributed by atoms with Crippen LogP contribution < -0.4 is 5.32 Å². The quantitative estimate of drug-likeness (QED) is 0.802. The molecule has 1 nitrogen and oxygen atoms in total. The third-order valence-corrected chi connectivity index (χ3v) is 6.30. The fraction of sp³-hybridized carbons (Fsp3) is 1.00. The van der Waals surface area contributed by atoms with Gasteiger partial charge in [0.2, 0.25) is 0 Å². The summed E-state index contributed by atoms with van der Waals surface area (Å²) in [5.41, 5.74) is 0.536. The maximum absolute atomic E-state index is 3.94. The number of thioether (sulfide) groups is 1. The van der Waals surface area contributed by atoms with Gasteiger partial charge in [-0.15, -0.1) is 0 Å². The van der Waals surface area contributed by atoms with E-state index in [-0.39, 0.29) is 0 Å². The van der Waals surface area contributed by atoms with Crippen molar-refractivity contribution in [3.8, 4) is 0 Å². The van der Waals surface area contributed by atoms with Gasteiger partial charge in [-0.1, -0.05) is 27.7 Å². The summed E-state index contributed by atoms with van der Waals surface area (Å²) in [6.07, 6.45) is 5.57. The summed E-state index contributed by atoms with van der Waals surface area (Å²) in [4.78, 5) is 0.